The van der Waals surface area contributed by atoms with Crippen LogP contribution in [0.15, 0.2) is 36.5 Å². The molecule has 2 aliphatic rings. The number of nitrogens with zero attached hydrogens (tertiary/aromatic N) is 3. The van der Waals surface area contributed by atoms with Crippen molar-refractivity contribution in [2.45, 2.75) is 83.4 Å². The van der Waals surface area contributed by atoms with Crippen LogP contribution in [0.1, 0.15) is 85.0 Å². The Morgan fingerprint density at radius 2 is 1.75 bits per heavy atom. The number of hydrogen-bond acceptors (Lipinski definition) is 12. The number of carbonyl (C=O) groups excluding carboxylic acids is 2. The summed E-state index contributed by atoms with van der Waals surface area (Å²) in [6.07, 6.45) is -1.75. The lowest BCUT2D eigenvalue weighted by Crippen LogP contribution is -2.33. The molecule has 2 heterocycles. The SMILES string of the molecule is CCOP(=O)(Cc1ccc(Nc2ncc(C(F)(F)F)c(Nc3ccc(C4CCC(OC(=O)[C@H](C)N)CC4)c4c3C(=O)N(C)C4)n2)c(OC)c1)OCC. The van der Waals surface area contributed by atoms with Crippen molar-refractivity contribution in [3.8, 4) is 5.75 Å². The molecule has 1 atom stereocenters. The second kappa shape index (κ2) is 16.2. The molecule has 5 rings (SSSR count). The van der Waals surface area contributed by atoms with Gasteiger partial charge in [-0.1, -0.05) is 12.1 Å². The van der Waals surface area contributed by atoms with Gasteiger partial charge in [-0.2, -0.15) is 18.2 Å². The molecule has 1 fully saturated rings. The van der Waals surface area contributed by atoms with Crippen molar-refractivity contribution in [2.75, 3.05) is 38.0 Å². The Labute approximate surface area is 300 Å². The van der Waals surface area contributed by atoms with E-state index in [4.69, 9.17) is 24.3 Å². The summed E-state index contributed by atoms with van der Waals surface area (Å²) in [5.41, 5.74) is 7.57. The van der Waals surface area contributed by atoms with Crippen molar-refractivity contribution in [3.05, 3.63) is 64.3 Å². The number of hydrogen-bond donors (Lipinski definition) is 3. The first-order chi connectivity index (χ1) is 24.7. The van der Waals surface area contributed by atoms with Crippen molar-refractivity contribution >= 4 is 42.6 Å². The molecule has 1 amide bonds. The first kappa shape index (κ1) is 39.0. The molecule has 0 bridgehead atoms. The second-order valence-corrected chi connectivity index (χ2v) is 14.8. The van der Waals surface area contributed by atoms with E-state index in [0.717, 1.165) is 11.1 Å². The third-order valence-corrected chi connectivity index (χ3v) is 11.0. The number of esters is 1. The van der Waals surface area contributed by atoms with E-state index >= 15 is 0 Å². The number of anilines is 4. The van der Waals surface area contributed by atoms with Crippen LogP contribution in [0, 0.1) is 0 Å². The van der Waals surface area contributed by atoms with E-state index < -0.39 is 37.2 Å². The van der Waals surface area contributed by atoms with Crippen LogP contribution in [0.3, 0.4) is 0 Å². The summed E-state index contributed by atoms with van der Waals surface area (Å²) in [6, 6.07) is 7.60. The predicted molar refractivity (Wildman–Crippen MR) is 188 cm³/mol. The van der Waals surface area contributed by atoms with Crippen LogP contribution in [-0.2, 0) is 42.0 Å². The number of alkyl halides is 3. The number of nitrogens with two attached hydrogens (primary N) is 1. The monoisotopic (exact) mass is 748 g/mol. The first-order valence-electron chi connectivity index (χ1n) is 17.1. The molecule has 0 spiro atoms. The van der Waals surface area contributed by atoms with Gasteiger partial charge in [0.1, 0.15) is 29.3 Å². The Balaban J connectivity index is 1.42. The van der Waals surface area contributed by atoms with Crippen molar-refractivity contribution < 1.29 is 45.8 Å². The maximum absolute atomic E-state index is 14.3. The highest BCUT2D eigenvalue weighted by molar-refractivity contribution is 7.53. The summed E-state index contributed by atoms with van der Waals surface area (Å²) in [7, 11) is -0.362. The van der Waals surface area contributed by atoms with E-state index in [2.05, 4.69) is 20.6 Å². The molecule has 13 nitrogen and oxygen atoms in total. The average molecular weight is 749 g/mol. The van der Waals surface area contributed by atoms with Gasteiger partial charge in [-0.05, 0) is 87.3 Å². The summed E-state index contributed by atoms with van der Waals surface area (Å²) >= 11 is 0. The second-order valence-electron chi connectivity index (χ2n) is 12.8. The van der Waals surface area contributed by atoms with E-state index in [9.17, 15) is 27.3 Å². The van der Waals surface area contributed by atoms with Crippen LogP contribution in [0.4, 0.5) is 36.3 Å². The Hall–Kier alpha value is -4.24. The van der Waals surface area contributed by atoms with Gasteiger partial charge >= 0.3 is 19.7 Å². The van der Waals surface area contributed by atoms with Gasteiger partial charge in [0.2, 0.25) is 5.95 Å². The number of fused-ring (bicyclic) bond motifs is 1. The van der Waals surface area contributed by atoms with Crippen LogP contribution >= 0.6 is 7.60 Å². The Morgan fingerprint density at radius 1 is 1.08 bits per heavy atom. The van der Waals surface area contributed by atoms with E-state index in [1.165, 1.54) is 12.0 Å². The average Bonchev–Trinajstić information content (AvgIpc) is 3.39. The number of rotatable bonds is 14. The number of nitrogens with one attached hydrogen (secondary N) is 2. The summed E-state index contributed by atoms with van der Waals surface area (Å²) < 4.78 is 77.7. The Bertz CT molecular complexity index is 1830. The van der Waals surface area contributed by atoms with Crippen molar-refractivity contribution in [1.82, 2.24) is 14.9 Å². The van der Waals surface area contributed by atoms with Gasteiger partial charge in [0.25, 0.3) is 5.91 Å². The topological polar surface area (TPSA) is 167 Å². The molecule has 282 valence electrons. The molecule has 0 unspecified atom stereocenters. The van der Waals surface area contributed by atoms with Crippen LogP contribution in [-0.4, -0.2) is 66.3 Å². The summed E-state index contributed by atoms with van der Waals surface area (Å²) in [5.74, 6) is -1.15. The fourth-order valence-corrected chi connectivity index (χ4v) is 8.19. The Kier molecular flexibility index (Phi) is 12.1. The number of ether oxygens (including phenoxy) is 2. The van der Waals surface area contributed by atoms with Crippen LogP contribution in [0.25, 0.3) is 0 Å². The van der Waals surface area contributed by atoms with Gasteiger partial charge in [-0.15, -0.1) is 0 Å². The molecule has 1 aromatic heterocycles. The fraction of sp³-hybridized carbons (Fsp3) is 0.486. The maximum Gasteiger partial charge on any atom is 0.421 e. The number of methoxy groups -OCH3 is 1. The molecule has 1 aliphatic heterocycles. The zero-order valence-electron chi connectivity index (χ0n) is 29.7. The highest BCUT2D eigenvalue weighted by Gasteiger charge is 2.38. The molecule has 2 aromatic carbocycles. The highest BCUT2D eigenvalue weighted by atomic mass is 31.2. The van der Waals surface area contributed by atoms with Gasteiger partial charge < -0.3 is 39.8 Å². The number of carbonyl (C=O) groups is 2. The third-order valence-electron chi connectivity index (χ3n) is 8.96. The quantitative estimate of drug-likeness (QED) is 0.112. The zero-order valence-corrected chi connectivity index (χ0v) is 30.6. The summed E-state index contributed by atoms with van der Waals surface area (Å²) in [6.45, 7) is 5.69. The zero-order chi connectivity index (χ0) is 37.8. The van der Waals surface area contributed by atoms with Gasteiger partial charge in [-0.25, -0.2) is 4.98 Å². The Morgan fingerprint density at radius 3 is 2.37 bits per heavy atom. The number of aromatic nitrogens is 2. The van der Waals surface area contributed by atoms with Crippen molar-refractivity contribution in [2.24, 2.45) is 5.73 Å². The highest BCUT2D eigenvalue weighted by Crippen LogP contribution is 2.52. The van der Waals surface area contributed by atoms with E-state index in [1.54, 1.807) is 52.1 Å². The molecule has 0 saturated heterocycles. The lowest BCUT2D eigenvalue weighted by Gasteiger charge is -2.30. The first-order valence-corrected chi connectivity index (χ1v) is 18.8. The summed E-state index contributed by atoms with van der Waals surface area (Å²) in [5, 5.41) is 5.71. The molecule has 0 radical (unpaired) electrons. The predicted octanol–water partition coefficient (Wildman–Crippen LogP) is 7.26. The lowest BCUT2D eigenvalue weighted by atomic mass is 9.80. The number of amides is 1. The largest absolute Gasteiger partial charge is 0.495 e. The minimum absolute atomic E-state index is 0.0159. The minimum atomic E-state index is -4.82. The van der Waals surface area contributed by atoms with E-state index in [1.807, 2.05) is 6.07 Å². The smallest absolute Gasteiger partial charge is 0.421 e. The van der Waals surface area contributed by atoms with Crippen molar-refractivity contribution in [1.29, 1.82) is 0 Å². The van der Waals surface area contributed by atoms with Gasteiger partial charge in [0.05, 0.1) is 43.4 Å². The molecular weight excluding hydrogens is 704 g/mol. The molecule has 4 N–H and O–H groups in total. The number of benzene rings is 2. The normalized spacial score (nSPS) is 18.2. The molecule has 52 heavy (non-hydrogen) atoms. The van der Waals surface area contributed by atoms with Gasteiger partial charge in [-0.3, -0.25) is 14.2 Å². The minimum Gasteiger partial charge on any atom is -0.495 e. The molecule has 1 saturated carbocycles. The third kappa shape index (κ3) is 8.85. The van der Waals surface area contributed by atoms with Crippen molar-refractivity contribution in [3.63, 3.8) is 0 Å². The van der Waals surface area contributed by atoms with Gasteiger partial charge in [0, 0.05) is 19.8 Å². The molecule has 1 aliphatic carbocycles. The summed E-state index contributed by atoms with van der Waals surface area (Å²) in [4.78, 5) is 35.1. The van der Waals surface area contributed by atoms with E-state index in [0.29, 0.717) is 55.4 Å². The van der Waals surface area contributed by atoms with Crippen LogP contribution < -0.4 is 21.1 Å². The maximum atomic E-state index is 14.3. The molecular formula is C35H44F3N6O7P. The van der Waals surface area contributed by atoms with Crippen LogP contribution in [0.5, 0.6) is 5.75 Å². The van der Waals surface area contributed by atoms with Crippen LogP contribution in [0.2, 0.25) is 0 Å². The van der Waals surface area contributed by atoms with E-state index in [-0.39, 0.29) is 54.5 Å². The fourth-order valence-electron chi connectivity index (χ4n) is 6.50. The lowest BCUT2D eigenvalue weighted by molar-refractivity contribution is -0.151. The van der Waals surface area contributed by atoms with Gasteiger partial charge in [0.15, 0.2) is 0 Å². The molecule has 3 aromatic rings. The number of halogens is 3. The molecule has 17 heteroatoms. The standard InChI is InChI=1S/C35H44F3N6O7P/c1-6-49-52(47,50-7-2)19-21-8-14-27(29(16-21)48-5)42-34-40-17-26(35(36,37)38)31(43-34)41-28-15-13-24(25-18-44(4)32(45)30(25)28)22-9-11-23(12-10-22)51-33(46)20(3)39/h8,13-17,20,22-23H,6-7,9-12,18-19,39H2,1-5H3,(H2,40,41,42,43)/t20-,22?,23?/m0/s1.